The van der Waals surface area contributed by atoms with Gasteiger partial charge in [-0.1, -0.05) is 367 Å². The molecule has 586 valence electrons. The first-order valence-corrected chi connectivity index (χ1v) is 45.6. The second kappa shape index (κ2) is 31.4. The third kappa shape index (κ3) is 12.8. The lowest BCUT2D eigenvalue weighted by Crippen LogP contribution is -2.27. The number of benzene rings is 13. The number of rotatable bonds is 32. The molecule has 0 saturated carbocycles. The SMILES string of the molecule is CCCCCCCCC1(CCCCCCCC)c2cc3c(cc2-c2cc4c(cc21)-c1cc2c(cc1C4(CCCCCCCC)CCCCCCCC)-c1c(cc(-c4cccc(-c5cccc6c5oc5ccccc56)c4)c4ccccc14)C2(C)C)C(C)(C)c1cc(-c2cccc(-c4cccc5c4oc4ccccc45)c2)c2ccccc2c1-3. The number of hydrogen-bond acceptors (Lipinski definition) is 2. The summed E-state index contributed by atoms with van der Waals surface area (Å²) in [6, 6.07) is 90.3. The molecule has 0 amide bonds. The zero-order chi connectivity index (χ0) is 78.9. The molecular weight excluding hydrogens is 1400 g/mol. The first-order chi connectivity index (χ1) is 56.9. The fourth-order valence-electron chi connectivity index (χ4n) is 22.9. The molecule has 0 N–H and O–H groups in total. The molecule has 15 aromatic rings. The highest BCUT2D eigenvalue weighted by molar-refractivity contribution is 6.15. The minimum Gasteiger partial charge on any atom is -0.455 e. The van der Waals surface area contributed by atoms with Crippen molar-refractivity contribution in [3.63, 3.8) is 0 Å². The maximum absolute atomic E-state index is 6.72. The van der Waals surface area contributed by atoms with Gasteiger partial charge in [0.15, 0.2) is 0 Å². The molecule has 0 spiro atoms. The topological polar surface area (TPSA) is 26.3 Å². The molecule has 19 rings (SSSR count). The predicted molar refractivity (Wildman–Crippen MR) is 497 cm³/mol. The van der Waals surface area contributed by atoms with E-state index >= 15 is 0 Å². The Hall–Kier alpha value is -10.0. The van der Waals surface area contributed by atoms with Crippen molar-refractivity contribution in [3.8, 4) is 89.0 Å². The Morgan fingerprint density at radius 2 is 0.474 bits per heavy atom. The van der Waals surface area contributed by atoms with Gasteiger partial charge in [0.1, 0.15) is 22.3 Å². The van der Waals surface area contributed by atoms with Gasteiger partial charge in [-0.05, 0) is 242 Å². The monoisotopic (exact) mass is 1520 g/mol. The molecule has 0 aliphatic heterocycles. The largest absolute Gasteiger partial charge is 0.455 e. The van der Waals surface area contributed by atoms with Gasteiger partial charge >= 0.3 is 0 Å². The van der Waals surface area contributed by atoms with Crippen LogP contribution in [0.4, 0.5) is 0 Å². The lowest BCUT2D eigenvalue weighted by Gasteiger charge is -2.35. The zero-order valence-electron chi connectivity index (χ0n) is 70.6. The standard InChI is InChI=1S/C114H118O2/c1-9-13-17-21-25-37-61-113(62-38-26-22-18-14-10-2)99-71-94-92-70-98-96(108-86-54-32-30-50-82(86)90(68-104(108)112(98,7)8)78-48-42-46-76(66-78)80-56-44-58-88-84-52-34-36-60-106(84)116-110(80)88)74-102(92)114(63-39-27-23-19-15-11-3,64-40-28-24-20-16-12-4)100(94)72-93(99)91-69-97-95(73-101(91)113)107-85-53-31-29-49-81(85)89(67-103(107)111(97,5)6)77-47-41-45-75(65-77)79-55-43-57-87-83-51-33-35-59-105(83)115-109(79)87/h29-36,41-60,65-74H,9-28,37-40,61-64H2,1-8H3. The van der Waals surface area contributed by atoms with E-state index in [0.29, 0.717) is 0 Å². The van der Waals surface area contributed by atoms with Gasteiger partial charge in [0.05, 0.1) is 0 Å². The highest BCUT2D eigenvalue weighted by atomic mass is 16.3. The summed E-state index contributed by atoms with van der Waals surface area (Å²) in [6.07, 6.45) is 35.6. The predicted octanol–water partition coefficient (Wildman–Crippen LogP) is 34.6. The van der Waals surface area contributed by atoms with Crippen LogP contribution in [-0.4, -0.2) is 0 Å². The highest BCUT2D eigenvalue weighted by Crippen LogP contribution is 2.66. The highest BCUT2D eigenvalue weighted by Gasteiger charge is 2.51. The van der Waals surface area contributed by atoms with E-state index in [1.807, 2.05) is 0 Å². The second-order valence-electron chi connectivity index (χ2n) is 36.8. The van der Waals surface area contributed by atoms with Crippen molar-refractivity contribution in [2.45, 2.75) is 257 Å². The number of furan rings is 2. The Morgan fingerprint density at radius 3 is 0.828 bits per heavy atom. The van der Waals surface area contributed by atoms with E-state index in [1.165, 1.54) is 290 Å². The number of hydrogen-bond donors (Lipinski definition) is 0. The molecule has 4 aliphatic carbocycles. The summed E-state index contributed by atoms with van der Waals surface area (Å²) in [6.45, 7) is 19.7. The number of fused-ring (bicyclic) bond motifs is 22. The van der Waals surface area contributed by atoms with Crippen molar-refractivity contribution in [3.05, 3.63) is 275 Å². The Kier molecular flexibility index (Phi) is 20.6. The number of para-hydroxylation sites is 4. The molecule has 0 fully saturated rings. The quantitative estimate of drug-likeness (QED) is 0.0393. The summed E-state index contributed by atoms with van der Waals surface area (Å²) in [7, 11) is 0. The van der Waals surface area contributed by atoms with E-state index in [-0.39, 0.29) is 21.7 Å². The summed E-state index contributed by atoms with van der Waals surface area (Å²) in [5.74, 6) is 0. The van der Waals surface area contributed by atoms with Crippen molar-refractivity contribution < 1.29 is 8.83 Å². The van der Waals surface area contributed by atoms with E-state index < -0.39 is 0 Å². The van der Waals surface area contributed by atoms with E-state index in [2.05, 4.69) is 286 Å². The Morgan fingerprint density at radius 1 is 0.207 bits per heavy atom. The van der Waals surface area contributed by atoms with Crippen LogP contribution in [0.1, 0.15) is 280 Å². The Balaban J connectivity index is 0.793. The van der Waals surface area contributed by atoms with Gasteiger partial charge in [0, 0.05) is 54.3 Å². The zero-order valence-corrected chi connectivity index (χ0v) is 70.6. The average molecular weight is 1520 g/mol. The van der Waals surface area contributed by atoms with Gasteiger partial charge in [-0.3, -0.25) is 0 Å². The van der Waals surface area contributed by atoms with E-state index in [9.17, 15) is 0 Å². The summed E-state index contributed by atoms with van der Waals surface area (Å²) >= 11 is 0. The lowest BCUT2D eigenvalue weighted by atomic mass is 9.68. The third-order valence-electron chi connectivity index (χ3n) is 29.0. The molecule has 2 heterocycles. The molecule has 0 bridgehead atoms. The first kappa shape index (κ1) is 76.0. The summed E-state index contributed by atoms with van der Waals surface area (Å²) < 4.78 is 13.4. The molecule has 0 unspecified atom stereocenters. The average Bonchev–Trinajstić information content (AvgIpc) is 1.51. The summed E-state index contributed by atoms with van der Waals surface area (Å²) in [5, 5.41) is 10.00. The van der Waals surface area contributed by atoms with E-state index in [1.54, 1.807) is 33.4 Å². The van der Waals surface area contributed by atoms with E-state index in [4.69, 9.17) is 8.83 Å². The van der Waals surface area contributed by atoms with Crippen LogP contribution in [0.5, 0.6) is 0 Å². The Bertz CT molecular complexity index is 5840. The van der Waals surface area contributed by atoms with Crippen LogP contribution >= 0.6 is 0 Å². The molecule has 0 radical (unpaired) electrons. The van der Waals surface area contributed by atoms with Gasteiger partial charge in [-0.2, -0.15) is 0 Å². The lowest BCUT2D eigenvalue weighted by molar-refractivity contribution is 0.394. The van der Waals surface area contributed by atoms with Crippen LogP contribution in [0.25, 0.3) is 154 Å². The van der Waals surface area contributed by atoms with Crippen molar-refractivity contribution in [2.75, 3.05) is 0 Å². The number of unbranched alkanes of at least 4 members (excludes halogenated alkanes) is 20. The van der Waals surface area contributed by atoms with Gasteiger partial charge in [0.2, 0.25) is 0 Å². The smallest absolute Gasteiger partial charge is 0.143 e. The first-order valence-electron chi connectivity index (χ1n) is 45.6. The summed E-state index contributed by atoms with van der Waals surface area (Å²) in [5.41, 5.74) is 36.8. The molecule has 0 saturated heterocycles. The maximum atomic E-state index is 6.72. The Labute approximate surface area is 690 Å². The van der Waals surface area contributed by atoms with Crippen molar-refractivity contribution in [1.29, 1.82) is 0 Å². The molecular formula is C114H118O2. The van der Waals surface area contributed by atoms with Crippen molar-refractivity contribution in [2.24, 2.45) is 0 Å². The molecule has 116 heavy (non-hydrogen) atoms. The van der Waals surface area contributed by atoms with Crippen molar-refractivity contribution in [1.82, 2.24) is 0 Å². The minimum atomic E-state index is -0.282. The van der Waals surface area contributed by atoms with Gasteiger partial charge in [-0.25, -0.2) is 0 Å². The minimum absolute atomic E-state index is 0.155. The summed E-state index contributed by atoms with van der Waals surface area (Å²) in [4.78, 5) is 0. The second-order valence-corrected chi connectivity index (χ2v) is 36.8. The fraction of sp³-hybridized carbons (Fsp3) is 0.351. The van der Waals surface area contributed by atoms with Gasteiger partial charge in [0.25, 0.3) is 0 Å². The van der Waals surface area contributed by atoms with Crippen LogP contribution in [-0.2, 0) is 21.7 Å². The van der Waals surface area contributed by atoms with Crippen LogP contribution < -0.4 is 0 Å². The molecule has 0 atom stereocenters. The van der Waals surface area contributed by atoms with Gasteiger partial charge < -0.3 is 8.83 Å². The third-order valence-corrected chi connectivity index (χ3v) is 29.0. The van der Waals surface area contributed by atoms with Crippen LogP contribution in [0.3, 0.4) is 0 Å². The van der Waals surface area contributed by atoms with Crippen molar-refractivity contribution >= 4 is 65.4 Å². The fourth-order valence-corrected chi connectivity index (χ4v) is 22.9. The van der Waals surface area contributed by atoms with Gasteiger partial charge in [-0.15, -0.1) is 0 Å². The molecule has 4 aliphatic rings. The van der Waals surface area contributed by atoms with Crippen LogP contribution in [0.15, 0.2) is 239 Å². The van der Waals surface area contributed by atoms with Crippen LogP contribution in [0.2, 0.25) is 0 Å². The molecule has 2 heteroatoms. The molecule has 13 aromatic carbocycles. The molecule has 2 nitrogen and oxygen atoms in total. The normalized spacial score (nSPS) is 14.8. The van der Waals surface area contributed by atoms with Crippen LogP contribution in [0, 0.1) is 0 Å². The maximum Gasteiger partial charge on any atom is 0.143 e. The van der Waals surface area contributed by atoms with E-state index in [0.717, 1.165) is 55.0 Å². The molecule has 2 aromatic heterocycles.